The number of ether oxygens (including phenoxy) is 2. The van der Waals surface area contributed by atoms with Gasteiger partial charge in [0.15, 0.2) is 0 Å². The van der Waals surface area contributed by atoms with Crippen molar-refractivity contribution >= 4 is 43.4 Å². The standard InChI is InChI=1S/C23H31N5O2S/c1-4-5-6-7-24-20-19-18(25-14-26-20)17-15-12-23(2,3)30-13-16(15)21(27-22(17)31-19)28-8-10-29-11-9-28/h14H,4-13H2,1-3H3,(H,24,25,26). The third kappa shape index (κ3) is 3.97. The fourth-order valence-corrected chi connectivity index (χ4v) is 5.65. The Hall–Kier alpha value is -2.03. The number of unbranched alkanes of at least 4 members (excludes halogenated alkanes) is 2. The van der Waals surface area contributed by atoms with Crippen LogP contribution in [-0.2, 0) is 22.5 Å². The quantitative estimate of drug-likeness (QED) is 0.564. The van der Waals surface area contributed by atoms with E-state index in [1.54, 1.807) is 17.7 Å². The minimum Gasteiger partial charge on any atom is -0.378 e. The van der Waals surface area contributed by atoms with E-state index in [1.165, 1.54) is 29.4 Å². The van der Waals surface area contributed by atoms with Gasteiger partial charge in [-0.3, -0.25) is 0 Å². The Kier molecular flexibility index (Phi) is 5.71. The summed E-state index contributed by atoms with van der Waals surface area (Å²) < 4.78 is 12.9. The van der Waals surface area contributed by atoms with Crippen molar-refractivity contribution in [2.75, 3.05) is 43.1 Å². The van der Waals surface area contributed by atoms with Crippen LogP contribution < -0.4 is 10.2 Å². The van der Waals surface area contributed by atoms with Gasteiger partial charge in [-0.25, -0.2) is 15.0 Å². The molecule has 3 aromatic rings. The van der Waals surface area contributed by atoms with Gasteiger partial charge >= 0.3 is 0 Å². The first kappa shape index (κ1) is 20.8. The minimum atomic E-state index is -0.202. The van der Waals surface area contributed by atoms with Gasteiger partial charge in [0, 0.05) is 37.0 Å². The molecule has 0 unspecified atom stereocenters. The van der Waals surface area contributed by atoms with Crippen LogP contribution in [0.4, 0.5) is 11.6 Å². The first-order valence-corrected chi connectivity index (χ1v) is 12.2. The molecule has 0 bridgehead atoms. The predicted molar refractivity (Wildman–Crippen MR) is 126 cm³/mol. The molecule has 1 N–H and O–H groups in total. The maximum absolute atomic E-state index is 6.22. The van der Waals surface area contributed by atoms with E-state index in [4.69, 9.17) is 19.4 Å². The molecule has 166 valence electrons. The highest BCUT2D eigenvalue weighted by Crippen LogP contribution is 2.44. The first-order chi connectivity index (χ1) is 15.1. The van der Waals surface area contributed by atoms with Gasteiger partial charge in [0.05, 0.1) is 35.6 Å². The Balaban J connectivity index is 1.65. The maximum Gasteiger partial charge on any atom is 0.147 e. The lowest BCUT2D eigenvalue weighted by atomic mass is 9.90. The number of nitrogens with zero attached hydrogens (tertiary/aromatic N) is 4. The SMILES string of the molecule is CCCCCNc1ncnc2c1sc1nc(N3CCOCC3)c3c(c12)CC(C)(C)OC3. The summed E-state index contributed by atoms with van der Waals surface area (Å²) in [6, 6.07) is 0. The number of anilines is 2. The second-order valence-corrected chi connectivity index (χ2v) is 10.0. The van der Waals surface area contributed by atoms with Crippen LogP contribution >= 0.6 is 11.3 Å². The summed E-state index contributed by atoms with van der Waals surface area (Å²) in [5.74, 6) is 1.98. The van der Waals surface area contributed by atoms with Gasteiger partial charge in [0.1, 0.15) is 22.8 Å². The highest BCUT2D eigenvalue weighted by molar-refractivity contribution is 7.26. The molecule has 3 aromatic heterocycles. The number of hydrogen-bond acceptors (Lipinski definition) is 8. The van der Waals surface area contributed by atoms with E-state index >= 15 is 0 Å². The van der Waals surface area contributed by atoms with Gasteiger partial charge in [-0.1, -0.05) is 19.8 Å². The highest BCUT2D eigenvalue weighted by Gasteiger charge is 2.33. The summed E-state index contributed by atoms with van der Waals surface area (Å²) >= 11 is 1.71. The van der Waals surface area contributed by atoms with E-state index in [-0.39, 0.29) is 5.60 Å². The Morgan fingerprint density at radius 3 is 2.81 bits per heavy atom. The van der Waals surface area contributed by atoms with Crippen LogP contribution in [0.1, 0.15) is 51.2 Å². The van der Waals surface area contributed by atoms with E-state index in [9.17, 15) is 0 Å². The number of rotatable bonds is 6. The Labute approximate surface area is 187 Å². The van der Waals surface area contributed by atoms with Crippen LogP contribution in [0.15, 0.2) is 6.33 Å². The van der Waals surface area contributed by atoms with Crippen molar-refractivity contribution in [2.24, 2.45) is 0 Å². The summed E-state index contributed by atoms with van der Waals surface area (Å²) in [6.45, 7) is 11.3. The third-order valence-corrected chi connectivity index (χ3v) is 7.27. The largest absolute Gasteiger partial charge is 0.378 e. The van der Waals surface area contributed by atoms with Crippen molar-refractivity contribution in [3.05, 3.63) is 17.5 Å². The third-order valence-electron chi connectivity index (χ3n) is 6.19. The van der Waals surface area contributed by atoms with E-state index in [0.29, 0.717) is 6.61 Å². The fourth-order valence-electron chi connectivity index (χ4n) is 4.53. The molecule has 1 fully saturated rings. The summed E-state index contributed by atoms with van der Waals surface area (Å²) in [6.07, 6.45) is 6.12. The molecular weight excluding hydrogens is 410 g/mol. The van der Waals surface area contributed by atoms with Crippen molar-refractivity contribution in [3.8, 4) is 0 Å². The number of nitrogens with one attached hydrogen (secondary N) is 1. The topological polar surface area (TPSA) is 72.4 Å². The van der Waals surface area contributed by atoms with Crippen LogP contribution in [0.25, 0.3) is 20.4 Å². The number of pyridine rings is 1. The summed E-state index contributed by atoms with van der Waals surface area (Å²) in [7, 11) is 0. The molecule has 0 saturated carbocycles. The molecule has 0 amide bonds. The number of fused-ring (bicyclic) bond motifs is 5. The van der Waals surface area contributed by atoms with Crippen LogP contribution in [0.5, 0.6) is 0 Å². The lowest BCUT2D eigenvalue weighted by Crippen LogP contribution is -2.39. The zero-order valence-electron chi connectivity index (χ0n) is 18.7. The van der Waals surface area contributed by atoms with Crippen molar-refractivity contribution in [3.63, 3.8) is 0 Å². The van der Waals surface area contributed by atoms with Crippen molar-refractivity contribution in [2.45, 2.75) is 58.7 Å². The van der Waals surface area contributed by atoms with Crippen LogP contribution in [-0.4, -0.2) is 53.4 Å². The van der Waals surface area contributed by atoms with Crippen LogP contribution in [0.2, 0.25) is 0 Å². The number of thiophene rings is 1. The molecule has 1 saturated heterocycles. The monoisotopic (exact) mass is 441 g/mol. The minimum absolute atomic E-state index is 0.202. The lowest BCUT2D eigenvalue weighted by Gasteiger charge is -2.36. The molecule has 0 radical (unpaired) electrons. The molecule has 7 nitrogen and oxygen atoms in total. The zero-order chi connectivity index (χ0) is 21.4. The zero-order valence-corrected chi connectivity index (χ0v) is 19.5. The summed E-state index contributed by atoms with van der Waals surface area (Å²) in [5, 5.41) is 4.72. The fraction of sp³-hybridized carbons (Fsp3) is 0.609. The van der Waals surface area contributed by atoms with Crippen molar-refractivity contribution < 1.29 is 9.47 Å². The number of morpholine rings is 1. The molecule has 8 heteroatoms. The van der Waals surface area contributed by atoms with Crippen molar-refractivity contribution in [1.82, 2.24) is 15.0 Å². The van der Waals surface area contributed by atoms with Gasteiger partial charge in [0.2, 0.25) is 0 Å². The molecule has 0 aliphatic carbocycles. The lowest BCUT2D eigenvalue weighted by molar-refractivity contribution is -0.0396. The molecule has 2 aliphatic heterocycles. The van der Waals surface area contributed by atoms with Gasteiger partial charge < -0.3 is 19.7 Å². The summed E-state index contributed by atoms with van der Waals surface area (Å²) in [4.78, 5) is 17.8. The van der Waals surface area contributed by atoms with Gasteiger partial charge in [0.25, 0.3) is 0 Å². The molecule has 5 rings (SSSR count). The molecule has 0 aromatic carbocycles. The maximum atomic E-state index is 6.22. The number of hydrogen-bond donors (Lipinski definition) is 1. The second kappa shape index (κ2) is 8.48. The molecule has 31 heavy (non-hydrogen) atoms. The molecule has 2 aliphatic rings. The second-order valence-electron chi connectivity index (χ2n) is 9.03. The van der Waals surface area contributed by atoms with E-state index in [0.717, 1.165) is 72.4 Å². The number of aromatic nitrogens is 3. The predicted octanol–water partition coefficient (Wildman–Crippen LogP) is 4.53. The molecule has 5 heterocycles. The Morgan fingerprint density at radius 1 is 1.16 bits per heavy atom. The van der Waals surface area contributed by atoms with E-state index < -0.39 is 0 Å². The molecular formula is C23H31N5O2S. The highest BCUT2D eigenvalue weighted by atomic mass is 32.1. The van der Waals surface area contributed by atoms with E-state index in [1.807, 2.05) is 0 Å². The van der Waals surface area contributed by atoms with Gasteiger partial charge in [-0.2, -0.15) is 0 Å². The Bertz CT molecular complexity index is 1090. The summed E-state index contributed by atoms with van der Waals surface area (Å²) in [5.41, 5.74) is 3.36. The van der Waals surface area contributed by atoms with Crippen molar-refractivity contribution in [1.29, 1.82) is 0 Å². The average Bonchev–Trinajstić information content (AvgIpc) is 3.15. The first-order valence-electron chi connectivity index (χ1n) is 11.4. The molecule has 0 spiro atoms. The van der Waals surface area contributed by atoms with Gasteiger partial charge in [-0.15, -0.1) is 11.3 Å². The van der Waals surface area contributed by atoms with Gasteiger partial charge in [-0.05, 0) is 25.8 Å². The van der Waals surface area contributed by atoms with Crippen LogP contribution in [0, 0.1) is 0 Å². The van der Waals surface area contributed by atoms with E-state index in [2.05, 4.69) is 36.0 Å². The average molecular weight is 442 g/mol. The Morgan fingerprint density at radius 2 is 2.00 bits per heavy atom. The van der Waals surface area contributed by atoms with Crippen LogP contribution in [0.3, 0.4) is 0 Å². The molecule has 0 atom stereocenters. The normalized spacial score (nSPS) is 18.5. The smallest absolute Gasteiger partial charge is 0.147 e.